The second-order valence-electron chi connectivity index (χ2n) is 11.1. The first-order chi connectivity index (χ1) is 19.3. The van der Waals surface area contributed by atoms with E-state index in [9.17, 15) is 14.4 Å². The number of thiophene rings is 1. The van der Waals surface area contributed by atoms with Gasteiger partial charge in [0.15, 0.2) is 11.6 Å². The highest BCUT2D eigenvalue weighted by molar-refractivity contribution is 7.12. The molecule has 4 aromatic rings. The first-order valence-corrected chi connectivity index (χ1v) is 14.4. The summed E-state index contributed by atoms with van der Waals surface area (Å²) >= 11 is 1.37. The van der Waals surface area contributed by atoms with Crippen LogP contribution in [-0.2, 0) is 10.2 Å². The van der Waals surface area contributed by atoms with Gasteiger partial charge in [-0.1, -0.05) is 71.8 Å². The summed E-state index contributed by atoms with van der Waals surface area (Å²) in [5, 5.41) is 4.97. The molecule has 0 saturated carbocycles. The Kier molecular flexibility index (Phi) is 5.48. The van der Waals surface area contributed by atoms with E-state index in [0.29, 0.717) is 16.1 Å². The van der Waals surface area contributed by atoms with E-state index in [-0.39, 0.29) is 17.5 Å². The maximum absolute atomic E-state index is 14.8. The van der Waals surface area contributed by atoms with Crippen LogP contribution in [-0.4, -0.2) is 29.6 Å². The Morgan fingerprint density at radius 2 is 1.62 bits per heavy atom. The highest BCUT2D eigenvalue weighted by Crippen LogP contribution is 2.59. The van der Waals surface area contributed by atoms with E-state index in [1.807, 2.05) is 98.9 Å². The number of allylic oxidation sites excluding steroid dienone is 1. The molecule has 1 aromatic heterocycles. The Morgan fingerprint density at radius 3 is 2.38 bits per heavy atom. The van der Waals surface area contributed by atoms with Crippen molar-refractivity contribution in [1.82, 2.24) is 0 Å². The average Bonchev–Trinajstić information content (AvgIpc) is 3.66. The molecule has 0 aliphatic carbocycles. The van der Waals surface area contributed by atoms with Gasteiger partial charge < -0.3 is 10.2 Å². The SMILES string of the molecule is CC1=C[C@@H]2N(c3ccc(C)cc31)[C@H](C(=O)c1cccs1)[C@@H](C(=O)c1ccc(C)cc1)[C@]21C(=O)Nc2ccccc21. The molecule has 3 aliphatic rings. The van der Waals surface area contributed by atoms with Gasteiger partial charge in [0.1, 0.15) is 11.5 Å². The maximum Gasteiger partial charge on any atom is 0.238 e. The summed E-state index contributed by atoms with van der Waals surface area (Å²) in [6, 6.07) is 23.5. The Labute approximate surface area is 237 Å². The number of hydrogen-bond acceptors (Lipinski definition) is 5. The molecule has 1 amide bonds. The molecular weight excluding hydrogens is 516 g/mol. The molecule has 0 unspecified atom stereocenters. The zero-order chi connectivity index (χ0) is 27.8. The van der Waals surface area contributed by atoms with Crippen molar-refractivity contribution < 1.29 is 14.4 Å². The van der Waals surface area contributed by atoms with Crippen molar-refractivity contribution in [2.45, 2.75) is 38.3 Å². The quantitative estimate of drug-likeness (QED) is 0.294. The second kappa shape index (κ2) is 8.86. The smallest absolute Gasteiger partial charge is 0.238 e. The number of nitrogens with zero attached hydrogens (tertiary/aromatic N) is 1. The van der Waals surface area contributed by atoms with Gasteiger partial charge in [-0.05, 0) is 61.6 Å². The van der Waals surface area contributed by atoms with E-state index >= 15 is 0 Å². The van der Waals surface area contributed by atoms with Gasteiger partial charge in [-0.25, -0.2) is 0 Å². The lowest BCUT2D eigenvalue weighted by Crippen LogP contribution is -2.51. The minimum Gasteiger partial charge on any atom is -0.352 e. The third-order valence-electron chi connectivity index (χ3n) is 8.78. The second-order valence-corrected chi connectivity index (χ2v) is 12.0. The summed E-state index contributed by atoms with van der Waals surface area (Å²) in [7, 11) is 0. The predicted molar refractivity (Wildman–Crippen MR) is 159 cm³/mol. The number of hydrogen-bond donors (Lipinski definition) is 1. The van der Waals surface area contributed by atoms with Crippen LogP contribution in [0.5, 0.6) is 0 Å². The van der Waals surface area contributed by atoms with E-state index in [2.05, 4.69) is 22.4 Å². The summed E-state index contributed by atoms with van der Waals surface area (Å²) in [5.41, 5.74) is 5.74. The number of carbonyl (C=O) groups is 3. The summed E-state index contributed by atoms with van der Waals surface area (Å²) < 4.78 is 0. The van der Waals surface area contributed by atoms with E-state index in [1.165, 1.54) is 11.3 Å². The number of anilines is 2. The number of nitrogens with one attached hydrogen (secondary N) is 1. The standard InChI is InChI=1S/C34H28N2O3S/c1-19-10-13-22(14-11-19)31(37)29-30(32(38)27-9-6-16-40-27)36-26-15-12-20(2)17-23(26)21(3)18-28(36)34(29)24-7-4-5-8-25(24)35-33(34)39/h4-18,28-30H,1-3H3,(H,35,39)/t28-,29-,30-,34+/m0/s1. The zero-order valence-corrected chi connectivity index (χ0v) is 23.3. The number of amides is 1. The van der Waals surface area contributed by atoms with Crippen molar-refractivity contribution in [3.63, 3.8) is 0 Å². The van der Waals surface area contributed by atoms with Crippen molar-refractivity contribution in [3.05, 3.63) is 123 Å². The van der Waals surface area contributed by atoms with Crippen LogP contribution in [0.4, 0.5) is 11.4 Å². The minimum atomic E-state index is -1.29. The topological polar surface area (TPSA) is 66.5 Å². The number of aryl methyl sites for hydroxylation is 2. The lowest BCUT2D eigenvalue weighted by Gasteiger charge is -2.39. The monoisotopic (exact) mass is 544 g/mol. The molecule has 4 atom stereocenters. The van der Waals surface area contributed by atoms with E-state index < -0.39 is 23.4 Å². The van der Waals surface area contributed by atoms with Crippen LogP contribution in [0.2, 0.25) is 0 Å². The average molecular weight is 545 g/mol. The first kappa shape index (κ1) is 24.7. The highest BCUT2D eigenvalue weighted by Gasteiger charge is 2.70. The van der Waals surface area contributed by atoms with Crippen LogP contribution in [0.15, 0.2) is 90.3 Å². The summed E-state index contributed by atoms with van der Waals surface area (Å²) in [4.78, 5) is 46.4. The zero-order valence-electron chi connectivity index (χ0n) is 22.5. The van der Waals surface area contributed by atoms with Crippen molar-refractivity contribution in [2.24, 2.45) is 5.92 Å². The molecule has 0 radical (unpaired) electrons. The van der Waals surface area contributed by atoms with E-state index in [0.717, 1.165) is 33.5 Å². The third kappa shape index (κ3) is 3.29. The summed E-state index contributed by atoms with van der Waals surface area (Å²) in [6.45, 7) is 6.07. The number of para-hydroxylation sites is 1. The molecule has 40 heavy (non-hydrogen) atoms. The molecule has 0 bridgehead atoms. The fourth-order valence-electron chi connectivity index (χ4n) is 7.01. The van der Waals surface area contributed by atoms with Crippen molar-refractivity contribution in [1.29, 1.82) is 0 Å². The number of ketones is 2. The minimum absolute atomic E-state index is 0.140. The molecule has 6 heteroatoms. The third-order valence-corrected chi connectivity index (χ3v) is 9.67. The number of rotatable bonds is 4. The van der Waals surface area contributed by atoms with E-state index in [4.69, 9.17) is 0 Å². The Hall–Kier alpha value is -4.29. The van der Waals surface area contributed by atoms with Gasteiger partial charge in [0, 0.05) is 22.5 Å². The molecule has 5 nitrogen and oxygen atoms in total. The van der Waals surface area contributed by atoms with E-state index in [1.54, 1.807) is 0 Å². The Bertz CT molecular complexity index is 1740. The van der Waals surface area contributed by atoms with Crippen molar-refractivity contribution in [2.75, 3.05) is 10.2 Å². The molecular formula is C34H28N2O3S. The van der Waals surface area contributed by atoms with Crippen LogP contribution in [0.25, 0.3) is 5.57 Å². The number of Topliss-reactive ketones (excluding diaryl/α,β-unsaturated/α-hetero) is 2. The van der Waals surface area contributed by atoms with Gasteiger partial charge in [0.2, 0.25) is 5.91 Å². The van der Waals surface area contributed by atoms with Crippen molar-refractivity contribution >= 4 is 45.8 Å². The molecule has 3 aromatic carbocycles. The summed E-state index contributed by atoms with van der Waals surface area (Å²) in [5.74, 6) is -1.53. The van der Waals surface area contributed by atoms with Gasteiger partial charge in [-0.3, -0.25) is 14.4 Å². The molecule has 1 spiro atoms. The Balaban J connectivity index is 1.56. The highest BCUT2D eigenvalue weighted by atomic mass is 32.1. The van der Waals surface area contributed by atoms with Crippen LogP contribution in [0.3, 0.4) is 0 Å². The van der Waals surface area contributed by atoms with Gasteiger partial charge >= 0.3 is 0 Å². The molecule has 4 heterocycles. The number of fused-ring (bicyclic) bond motifs is 6. The van der Waals surface area contributed by atoms with Crippen LogP contribution in [0.1, 0.15) is 49.2 Å². The van der Waals surface area contributed by atoms with Crippen LogP contribution < -0.4 is 10.2 Å². The fourth-order valence-corrected chi connectivity index (χ4v) is 7.71. The number of carbonyl (C=O) groups excluding carboxylic acids is 3. The van der Waals surface area contributed by atoms with Crippen LogP contribution in [0, 0.1) is 19.8 Å². The molecule has 1 fully saturated rings. The van der Waals surface area contributed by atoms with Crippen molar-refractivity contribution in [3.8, 4) is 0 Å². The summed E-state index contributed by atoms with van der Waals surface area (Å²) in [6.07, 6.45) is 2.10. The van der Waals surface area contributed by atoms with Gasteiger partial charge in [-0.2, -0.15) is 0 Å². The van der Waals surface area contributed by atoms with Gasteiger partial charge in [-0.15, -0.1) is 11.3 Å². The molecule has 198 valence electrons. The fraction of sp³-hybridized carbons (Fsp3) is 0.206. The predicted octanol–water partition coefficient (Wildman–Crippen LogP) is 6.61. The Morgan fingerprint density at radius 1 is 0.875 bits per heavy atom. The van der Waals surface area contributed by atoms with Crippen LogP contribution >= 0.6 is 11.3 Å². The van der Waals surface area contributed by atoms with Gasteiger partial charge in [0.25, 0.3) is 0 Å². The normalized spacial score (nSPS) is 24.3. The molecule has 1 N–H and O–H groups in total. The molecule has 3 aliphatic heterocycles. The first-order valence-electron chi connectivity index (χ1n) is 13.5. The molecule has 1 saturated heterocycles. The maximum atomic E-state index is 14.8. The lowest BCUT2D eigenvalue weighted by atomic mass is 9.64. The number of benzene rings is 3. The van der Waals surface area contributed by atoms with Gasteiger partial charge in [0.05, 0.1) is 16.8 Å². The molecule has 7 rings (SSSR count). The lowest BCUT2D eigenvalue weighted by molar-refractivity contribution is -0.121. The largest absolute Gasteiger partial charge is 0.352 e.